The molecule has 0 spiro atoms. The van der Waals surface area contributed by atoms with Crippen molar-refractivity contribution in [3.05, 3.63) is 16.3 Å². The molecule has 9 nitrogen and oxygen atoms in total. The highest BCUT2D eigenvalue weighted by Crippen LogP contribution is 2.24. The Morgan fingerprint density at radius 3 is 2.82 bits per heavy atom. The molecule has 0 radical (unpaired) electrons. The van der Waals surface area contributed by atoms with Crippen LogP contribution in [0.15, 0.2) is 6.20 Å². The number of aliphatic carboxylic acids is 1. The van der Waals surface area contributed by atoms with Crippen LogP contribution in [0, 0.1) is 10.1 Å². The van der Waals surface area contributed by atoms with Crippen LogP contribution in [0.3, 0.4) is 0 Å². The van der Waals surface area contributed by atoms with Gasteiger partial charge in [0.05, 0.1) is 4.92 Å². The Hall–Kier alpha value is -2.07. The quantitative estimate of drug-likeness (QED) is 0.547. The molecule has 0 fully saturated rings. The van der Waals surface area contributed by atoms with Crippen molar-refractivity contribution in [1.82, 2.24) is 4.98 Å². The molecule has 0 aliphatic carbocycles. The lowest BCUT2D eigenvalue weighted by Gasteiger charge is -2.00. The molecular weight excluding hydrogens is 254 g/mol. The molecule has 0 unspecified atom stereocenters. The number of anilines is 1. The Bertz CT molecular complexity index is 445. The van der Waals surface area contributed by atoms with Gasteiger partial charge in [-0.05, 0) is 11.3 Å². The molecule has 0 aromatic carbocycles. The summed E-state index contributed by atoms with van der Waals surface area (Å²) in [6, 6.07) is 0. The maximum atomic E-state index is 11.1. The number of nitro groups is 1. The first-order chi connectivity index (χ1) is 7.99. The molecule has 1 heterocycles. The second-order valence-corrected chi connectivity index (χ2v) is 3.70. The zero-order valence-corrected chi connectivity index (χ0v) is 9.10. The van der Waals surface area contributed by atoms with E-state index in [0.29, 0.717) is 11.3 Å². The van der Waals surface area contributed by atoms with Crippen LogP contribution in [0.2, 0.25) is 0 Å². The van der Waals surface area contributed by atoms with Crippen LogP contribution in [-0.2, 0) is 14.3 Å². The number of nitrogens with one attached hydrogen (secondary N) is 1. The minimum atomic E-state index is -1.19. The normalized spacial score (nSPS) is 9.88. The third-order valence-corrected chi connectivity index (χ3v) is 2.24. The molecule has 0 atom stereocenters. The fourth-order valence-corrected chi connectivity index (χ4v) is 1.44. The van der Waals surface area contributed by atoms with Gasteiger partial charge in [-0.2, -0.15) is 0 Å². The number of ether oxygens (including phenoxy) is 1. The number of carboxylic acid groups (broad SMARTS) is 1. The average Bonchev–Trinajstić information content (AvgIpc) is 2.65. The summed E-state index contributed by atoms with van der Waals surface area (Å²) >= 11 is 0.695. The Morgan fingerprint density at radius 1 is 1.59 bits per heavy atom. The van der Waals surface area contributed by atoms with Gasteiger partial charge < -0.3 is 9.84 Å². The smallest absolute Gasteiger partial charge is 0.345 e. The van der Waals surface area contributed by atoms with Gasteiger partial charge in [0.15, 0.2) is 5.13 Å². The fourth-order valence-electron chi connectivity index (χ4n) is 0.794. The van der Waals surface area contributed by atoms with Crippen LogP contribution in [-0.4, -0.2) is 40.1 Å². The van der Waals surface area contributed by atoms with Crippen LogP contribution in [0.25, 0.3) is 0 Å². The van der Waals surface area contributed by atoms with E-state index in [1.807, 2.05) is 0 Å². The molecule has 1 aromatic heterocycles. The highest BCUT2D eigenvalue weighted by molar-refractivity contribution is 7.18. The SMILES string of the molecule is O=C(O)COCC(=O)Nc1ncc([N+](=O)[O-])s1. The van der Waals surface area contributed by atoms with Gasteiger partial charge in [0, 0.05) is 0 Å². The Morgan fingerprint density at radius 2 is 2.29 bits per heavy atom. The number of carbonyl (C=O) groups excluding carboxylic acids is 1. The molecule has 17 heavy (non-hydrogen) atoms. The van der Waals surface area contributed by atoms with E-state index in [1.165, 1.54) is 0 Å². The zero-order valence-electron chi connectivity index (χ0n) is 8.28. The van der Waals surface area contributed by atoms with Crippen molar-refractivity contribution in [1.29, 1.82) is 0 Å². The summed E-state index contributed by atoms with van der Waals surface area (Å²) in [7, 11) is 0. The summed E-state index contributed by atoms with van der Waals surface area (Å²) in [5.74, 6) is -1.82. The van der Waals surface area contributed by atoms with Gasteiger partial charge in [-0.1, -0.05) is 0 Å². The Balaban J connectivity index is 2.39. The third kappa shape index (κ3) is 4.53. The maximum absolute atomic E-state index is 11.1. The van der Waals surface area contributed by atoms with Gasteiger partial charge >= 0.3 is 11.0 Å². The number of carbonyl (C=O) groups is 2. The van der Waals surface area contributed by atoms with E-state index < -0.39 is 30.0 Å². The van der Waals surface area contributed by atoms with E-state index in [9.17, 15) is 19.7 Å². The number of hydrogen-bond acceptors (Lipinski definition) is 7. The van der Waals surface area contributed by atoms with E-state index in [4.69, 9.17) is 5.11 Å². The molecule has 10 heteroatoms. The van der Waals surface area contributed by atoms with Crippen molar-refractivity contribution in [3.63, 3.8) is 0 Å². The van der Waals surface area contributed by atoms with Gasteiger partial charge in [0.25, 0.3) is 5.91 Å². The van der Waals surface area contributed by atoms with E-state index in [-0.39, 0.29) is 10.1 Å². The minimum absolute atomic E-state index is 0.0561. The van der Waals surface area contributed by atoms with Crippen molar-refractivity contribution in [2.45, 2.75) is 0 Å². The van der Waals surface area contributed by atoms with Gasteiger partial charge in [0.1, 0.15) is 19.4 Å². The number of hydrogen-bond donors (Lipinski definition) is 2. The van der Waals surface area contributed by atoms with Crippen LogP contribution in [0.1, 0.15) is 0 Å². The van der Waals surface area contributed by atoms with E-state index in [1.54, 1.807) is 0 Å². The number of carboxylic acids is 1. The van der Waals surface area contributed by atoms with Crippen LogP contribution in [0.5, 0.6) is 0 Å². The second kappa shape index (κ2) is 5.86. The predicted molar refractivity (Wildman–Crippen MR) is 55.9 cm³/mol. The number of aromatic nitrogens is 1. The first-order valence-electron chi connectivity index (χ1n) is 4.18. The number of nitrogens with zero attached hydrogens (tertiary/aromatic N) is 2. The monoisotopic (exact) mass is 261 g/mol. The van der Waals surface area contributed by atoms with Gasteiger partial charge in [-0.15, -0.1) is 0 Å². The molecule has 1 rings (SSSR count). The summed E-state index contributed by atoms with van der Waals surface area (Å²) in [4.78, 5) is 34.5. The van der Waals surface area contributed by atoms with E-state index >= 15 is 0 Å². The van der Waals surface area contributed by atoms with Crippen molar-refractivity contribution < 1.29 is 24.4 Å². The van der Waals surface area contributed by atoms with Crippen molar-refractivity contribution in [2.24, 2.45) is 0 Å². The summed E-state index contributed by atoms with van der Waals surface area (Å²) in [5.41, 5.74) is 0. The first kappa shape index (κ1) is 13.0. The highest BCUT2D eigenvalue weighted by atomic mass is 32.1. The Labute approximate surface area is 98.2 Å². The zero-order chi connectivity index (χ0) is 12.8. The number of rotatable bonds is 6. The van der Waals surface area contributed by atoms with Crippen molar-refractivity contribution in [2.75, 3.05) is 18.5 Å². The highest BCUT2D eigenvalue weighted by Gasteiger charge is 2.13. The van der Waals surface area contributed by atoms with Crippen molar-refractivity contribution in [3.8, 4) is 0 Å². The van der Waals surface area contributed by atoms with Crippen LogP contribution in [0.4, 0.5) is 10.1 Å². The molecule has 0 aliphatic heterocycles. The van der Waals surface area contributed by atoms with E-state index in [2.05, 4.69) is 15.0 Å². The molecule has 92 valence electrons. The second-order valence-electron chi connectivity index (χ2n) is 2.70. The largest absolute Gasteiger partial charge is 0.480 e. The number of thiazole rings is 1. The summed E-state index contributed by atoms with van der Waals surface area (Å²) in [6.07, 6.45) is 1.01. The van der Waals surface area contributed by atoms with Crippen LogP contribution >= 0.6 is 11.3 Å². The predicted octanol–water partition coefficient (Wildman–Crippen LogP) is 0.0910. The lowest BCUT2D eigenvalue weighted by molar-refractivity contribution is -0.380. The first-order valence-corrected chi connectivity index (χ1v) is 5.00. The topological polar surface area (TPSA) is 132 Å². The molecule has 1 aromatic rings. The molecule has 1 amide bonds. The molecule has 2 N–H and O–H groups in total. The van der Waals surface area contributed by atoms with Crippen molar-refractivity contribution >= 4 is 33.3 Å². The lowest BCUT2D eigenvalue weighted by Crippen LogP contribution is -2.20. The maximum Gasteiger partial charge on any atom is 0.345 e. The van der Waals surface area contributed by atoms with Gasteiger partial charge in [-0.25, -0.2) is 9.78 Å². The van der Waals surface area contributed by atoms with Gasteiger partial charge in [0.2, 0.25) is 0 Å². The summed E-state index contributed by atoms with van der Waals surface area (Å²) < 4.78 is 4.51. The van der Waals surface area contributed by atoms with Crippen LogP contribution < -0.4 is 5.32 Å². The third-order valence-electron chi connectivity index (χ3n) is 1.38. The Kier molecular flexibility index (Phi) is 4.48. The standard InChI is InChI=1S/C7H7N3O6S/c11-4(2-16-3-6(12)13)9-7-8-1-5(17-7)10(14)15/h1H,2-3H2,(H,12,13)(H,8,9,11). The molecular formula is C7H7N3O6S. The molecule has 0 saturated carbocycles. The minimum Gasteiger partial charge on any atom is -0.480 e. The average molecular weight is 261 g/mol. The summed E-state index contributed by atoms with van der Waals surface area (Å²) in [5, 5.41) is 20.6. The molecule has 0 aliphatic rings. The summed E-state index contributed by atoms with van der Waals surface area (Å²) in [6.45, 7) is -1.05. The fraction of sp³-hybridized carbons (Fsp3) is 0.286. The molecule has 0 saturated heterocycles. The van der Waals surface area contributed by atoms with Gasteiger partial charge in [-0.3, -0.25) is 20.2 Å². The lowest BCUT2D eigenvalue weighted by atomic mass is 10.6. The number of amides is 1. The van der Waals surface area contributed by atoms with E-state index in [0.717, 1.165) is 6.20 Å². The molecule has 0 bridgehead atoms.